The highest BCUT2D eigenvalue weighted by molar-refractivity contribution is 7.99. The Bertz CT molecular complexity index is 991. The summed E-state index contributed by atoms with van der Waals surface area (Å²) in [7, 11) is 1.65. The van der Waals surface area contributed by atoms with E-state index in [1.54, 1.807) is 18.4 Å². The summed E-state index contributed by atoms with van der Waals surface area (Å²) in [5.74, 6) is 2.05. The minimum atomic E-state index is 0.127. The Kier molecular flexibility index (Phi) is 6.86. The van der Waals surface area contributed by atoms with Crippen LogP contribution in [0.5, 0.6) is 5.75 Å². The first-order valence-corrected chi connectivity index (χ1v) is 11.9. The largest absolute Gasteiger partial charge is 0.497 e. The van der Waals surface area contributed by atoms with E-state index in [1.165, 1.54) is 16.6 Å². The summed E-state index contributed by atoms with van der Waals surface area (Å²) < 4.78 is 13.2. The lowest BCUT2D eigenvalue weighted by Gasteiger charge is -2.14. The lowest BCUT2D eigenvalue weighted by Crippen LogP contribution is -2.17. The van der Waals surface area contributed by atoms with E-state index < -0.39 is 0 Å². The number of thiophene rings is 1. The summed E-state index contributed by atoms with van der Waals surface area (Å²) in [6.45, 7) is 3.58. The maximum atomic E-state index is 12.6. The number of thioether (sulfide) groups is 1. The Hall–Kier alpha value is -2.16. The van der Waals surface area contributed by atoms with Crippen LogP contribution in [0.4, 0.5) is 0 Å². The number of methoxy groups -OCH3 is 1. The molecule has 4 rings (SSSR count). The van der Waals surface area contributed by atoms with Crippen molar-refractivity contribution in [3.63, 3.8) is 0 Å². The van der Waals surface area contributed by atoms with Crippen molar-refractivity contribution < 1.29 is 14.3 Å². The number of hydrogen-bond donors (Lipinski definition) is 0. The molecule has 8 heteroatoms. The summed E-state index contributed by atoms with van der Waals surface area (Å²) in [5, 5.41) is 9.59. The molecule has 158 valence electrons. The first kappa shape index (κ1) is 21.1. The van der Waals surface area contributed by atoms with Crippen molar-refractivity contribution in [3.05, 3.63) is 46.2 Å². The van der Waals surface area contributed by atoms with Gasteiger partial charge in [-0.2, -0.15) is 0 Å². The molecular formula is C22H25N3O3S2. The third-order valence-corrected chi connectivity index (χ3v) is 7.33. The van der Waals surface area contributed by atoms with Gasteiger partial charge in [-0.05, 0) is 55.7 Å². The van der Waals surface area contributed by atoms with Crippen molar-refractivity contribution in [2.24, 2.45) is 0 Å². The molecule has 2 aromatic heterocycles. The van der Waals surface area contributed by atoms with E-state index in [0.717, 1.165) is 53.0 Å². The van der Waals surface area contributed by atoms with Crippen LogP contribution in [0.3, 0.4) is 0 Å². The summed E-state index contributed by atoms with van der Waals surface area (Å²) in [6.07, 6.45) is 3.20. The van der Waals surface area contributed by atoms with Crippen molar-refractivity contribution in [1.82, 2.24) is 14.8 Å². The van der Waals surface area contributed by atoms with E-state index in [0.29, 0.717) is 12.3 Å². The van der Waals surface area contributed by atoms with E-state index in [2.05, 4.69) is 21.7 Å². The number of hydrogen-bond acceptors (Lipinski definition) is 7. The molecule has 1 atom stereocenters. The monoisotopic (exact) mass is 443 g/mol. The molecule has 3 heterocycles. The average molecular weight is 444 g/mol. The number of benzene rings is 1. The minimum Gasteiger partial charge on any atom is -0.497 e. The highest BCUT2D eigenvalue weighted by Crippen LogP contribution is 2.28. The second kappa shape index (κ2) is 9.76. The molecule has 1 aliphatic rings. The van der Waals surface area contributed by atoms with Gasteiger partial charge in [-0.15, -0.1) is 21.5 Å². The number of aromatic nitrogens is 3. The van der Waals surface area contributed by atoms with Crippen LogP contribution in [-0.2, 0) is 17.7 Å². The maximum absolute atomic E-state index is 12.6. The van der Waals surface area contributed by atoms with Gasteiger partial charge in [0.15, 0.2) is 16.8 Å². The zero-order valence-electron chi connectivity index (χ0n) is 17.2. The quantitative estimate of drug-likeness (QED) is 0.352. The summed E-state index contributed by atoms with van der Waals surface area (Å²) in [4.78, 5) is 14.7. The summed E-state index contributed by atoms with van der Waals surface area (Å²) >= 11 is 3.01. The molecule has 0 radical (unpaired) electrons. The smallest absolute Gasteiger partial charge is 0.192 e. The average Bonchev–Trinajstić information content (AvgIpc) is 3.54. The van der Waals surface area contributed by atoms with E-state index >= 15 is 0 Å². The van der Waals surface area contributed by atoms with Gasteiger partial charge in [0.2, 0.25) is 0 Å². The van der Waals surface area contributed by atoms with Gasteiger partial charge in [0, 0.05) is 17.0 Å². The van der Waals surface area contributed by atoms with Gasteiger partial charge in [-0.1, -0.05) is 18.7 Å². The molecule has 1 saturated heterocycles. The maximum Gasteiger partial charge on any atom is 0.192 e. The summed E-state index contributed by atoms with van der Waals surface area (Å²) in [5.41, 5.74) is 0.963. The van der Waals surface area contributed by atoms with Crippen molar-refractivity contribution >= 4 is 28.9 Å². The number of ketones is 1. The minimum absolute atomic E-state index is 0.127. The molecule has 1 unspecified atom stereocenters. The molecule has 0 amide bonds. The Morgan fingerprint density at radius 1 is 1.27 bits per heavy atom. The highest BCUT2D eigenvalue weighted by Gasteiger charge is 2.22. The van der Waals surface area contributed by atoms with Crippen molar-refractivity contribution in [3.8, 4) is 17.1 Å². The van der Waals surface area contributed by atoms with Crippen molar-refractivity contribution in [1.29, 1.82) is 0 Å². The van der Waals surface area contributed by atoms with Gasteiger partial charge in [0.1, 0.15) is 5.75 Å². The normalized spacial score (nSPS) is 16.1. The number of aryl methyl sites for hydroxylation is 1. The predicted octanol–water partition coefficient (Wildman–Crippen LogP) is 4.73. The van der Waals surface area contributed by atoms with Crippen LogP contribution in [-0.4, -0.2) is 46.1 Å². The first-order valence-electron chi connectivity index (χ1n) is 10.1. The SMILES string of the molecule is CCc1ccc(C(=O)CSc2nnc(-c3ccc(OC)cc3)n2CC2CCCO2)s1. The number of carbonyl (C=O) groups excluding carboxylic acids is 1. The van der Waals surface area contributed by atoms with Gasteiger partial charge in [0.05, 0.1) is 30.4 Å². The topological polar surface area (TPSA) is 66.2 Å². The van der Waals surface area contributed by atoms with E-state index in [1.807, 2.05) is 36.4 Å². The molecule has 1 aliphatic heterocycles. The third kappa shape index (κ3) is 4.77. The molecule has 3 aromatic rings. The van der Waals surface area contributed by atoms with Crippen LogP contribution in [0, 0.1) is 0 Å². The molecule has 0 N–H and O–H groups in total. The number of rotatable bonds is 9. The van der Waals surface area contributed by atoms with Gasteiger partial charge >= 0.3 is 0 Å². The second-order valence-electron chi connectivity index (χ2n) is 7.11. The predicted molar refractivity (Wildman–Crippen MR) is 120 cm³/mol. The van der Waals surface area contributed by atoms with Crippen LogP contribution in [0.15, 0.2) is 41.6 Å². The molecule has 6 nitrogen and oxygen atoms in total. The number of carbonyl (C=O) groups is 1. The van der Waals surface area contributed by atoms with E-state index in [9.17, 15) is 4.79 Å². The Balaban J connectivity index is 1.55. The van der Waals surface area contributed by atoms with Crippen molar-refractivity contribution in [2.45, 2.75) is 44.0 Å². The number of Topliss-reactive ketones (excluding diaryl/α,β-unsaturated/α-hetero) is 1. The van der Waals surface area contributed by atoms with E-state index in [4.69, 9.17) is 9.47 Å². The molecule has 0 saturated carbocycles. The molecular weight excluding hydrogens is 418 g/mol. The number of nitrogens with zero attached hydrogens (tertiary/aromatic N) is 3. The summed E-state index contributed by atoms with van der Waals surface area (Å²) in [6, 6.07) is 11.7. The van der Waals surface area contributed by atoms with Gasteiger partial charge in [-0.25, -0.2) is 0 Å². The molecule has 1 aromatic carbocycles. The lowest BCUT2D eigenvalue weighted by atomic mass is 10.2. The fourth-order valence-electron chi connectivity index (χ4n) is 3.42. The Labute approximate surface area is 184 Å². The van der Waals surface area contributed by atoms with Gasteiger partial charge in [0.25, 0.3) is 0 Å². The Morgan fingerprint density at radius 2 is 2.10 bits per heavy atom. The number of ether oxygens (including phenoxy) is 2. The molecule has 0 aliphatic carbocycles. The van der Waals surface area contributed by atoms with Crippen molar-refractivity contribution in [2.75, 3.05) is 19.5 Å². The van der Waals surface area contributed by atoms with Gasteiger partial charge < -0.3 is 9.47 Å². The zero-order valence-corrected chi connectivity index (χ0v) is 18.8. The fourth-order valence-corrected chi connectivity index (χ4v) is 5.23. The zero-order chi connectivity index (χ0) is 20.9. The molecule has 0 bridgehead atoms. The molecule has 30 heavy (non-hydrogen) atoms. The fraction of sp³-hybridized carbons (Fsp3) is 0.409. The highest BCUT2D eigenvalue weighted by atomic mass is 32.2. The third-order valence-electron chi connectivity index (χ3n) is 5.09. The van der Waals surface area contributed by atoms with Crippen LogP contribution in [0.25, 0.3) is 11.4 Å². The van der Waals surface area contributed by atoms with Crippen LogP contribution >= 0.6 is 23.1 Å². The van der Waals surface area contributed by atoms with Gasteiger partial charge in [-0.3, -0.25) is 9.36 Å². The standard InChI is InChI=1S/C22H25N3O3S2/c1-3-18-10-11-20(30-18)19(26)14-29-22-24-23-21(15-6-8-16(27-2)9-7-15)25(22)13-17-5-4-12-28-17/h6-11,17H,3-5,12-14H2,1-2H3. The molecule has 0 spiro atoms. The van der Waals surface area contributed by atoms with Crippen LogP contribution < -0.4 is 4.74 Å². The first-order chi connectivity index (χ1) is 14.7. The Morgan fingerprint density at radius 3 is 2.77 bits per heavy atom. The van der Waals surface area contributed by atoms with Crippen LogP contribution in [0.1, 0.15) is 34.3 Å². The second-order valence-corrected chi connectivity index (χ2v) is 9.22. The lowest BCUT2D eigenvalue weighted by molar-refractivity contribution is 0.0953. The van der Waals surface area contributed by atoms with Crippen LogP contribution in [0.2, 0.25) is 0 Å². The molecule has 1 fully saturated rings. The van der Waals surface area contributed by atoms with E-state index in [-0.39, 0.29) is 11.9 Å².